The summed E-state index contributed by atoms with van der Waals surface area (Å²) >= 11 is 3.40. The zero-order valence-electron chi connectivity index (χ0n) is 16.5. The van der Waals surface area contributed by atoms with Gasteiger partial charge in [-0.3, -0.25) is 0 Å². The van der Waals surface area contributed by atoms with E-state index in [1.165, 1.54) is 34.5 Å². The normalized spacial score (nSPS) is 13.9. The fourth-order valence-corrected chi connectivity index (χ4v) is 5.39. The van der Waals surface area contributed by atoms with Crippen LogP contribution in [0.3, 0.4) is 0 Å². The molecule has 3 aromatic heterocycles. The van der Waals surface area contributed by atoms with Crippen molar-refractivity contribution >= 4 is 23.1 Å². The molecule has 0 unspecified atom stereocenters. The lowest BCUT2D eigenvalue weighted by Crippen LogP contribution is -1.99. The Morgan fingerprint density at radius 1 is 1.21 bits per heavy atom. The number of thiophene rings is 1. The number of aromatic nitrogens is 4. The molecule has 0 spiro atoms. The molecule has 0 bridgehead atoms. The highest BCUT2D eigenvalue weighted by Gasteiger charge is 2.29. The van der Waals surface area contributed by atoms with E-state index in [2.05, 4.69) is 58.9 Å². The van der Waals surface area contributed by atoms with E-state index in [4.69, 9.17) is 9.40 Å². The lowest BCUT2D eigenvalue weighted by atomic mass is 10.2. The molecule has 29 heavy (non-hydrogen) atoms. The van der Waals surface area contributed by atoms with Gasteiger partial charge in [0.05, 0.1) is 22.5 Å². The molecule has 5 rings (SSSR count). The van der Waals surface area contributed by atoms with Crippen LogP contribution >= 0.6 is 23.1 Å². The molecule has 3 heterocycles. The highest BCUT2D eigenvalue weighted by Crippen LogP contribution is 2.42. The highest BCUT2D eigenvalue weighted by atomic mass is 32.2. The largest absolute Gasteiger partial charge is 0.419 e. The number of nitrogens with zero attached hydrogens (tertiary/aromatic N) is 4. The van der Waals surface area contributed by atoms with E-state index in [-0.39, 0.29) is 0 Å². The first kappa shape index (κ1) is 18.6. The summed E-state index contributed by atoms with van der Waals surface area (Å²) in [7, 11) is 0. The molecule has 1 aromatic carbocycles. The Kier molecular flexibility index (Phi) is 5.01. The standard InChI is InChI=1S/C22H22N4OS2/c1-3-18-14(2)11-19(29-18)21-25-24-20(27-21)13-28-22-23-12-17(26(22)16-9-10-16)15-7-5-4-6-8-15/h4-8,11-12,16H,3,9-10,13H2,1-2H3. The third-order valence-corrected chi connectivity index (χ3v) is 7.41. The van der Waals surface area contributed by atoms with E-state index in [0.717, 1.165) is 16.5 Å². The van der Waals surface area contributed by atoms with Crippen molar-refractivity contribution in [3.63, 3.8) is 0 Å². The van der Waals surface area contributed by atoms with E-state index in [0.29, 0.717) is 23.6 Å². The van der Waals surface area contributed by atoms with Crippen LogP contribution < -0.4 is 0 Å². The molecule has 0 radical (unpaired) electrons. The first-order valence-electron chi connectivity index (χ1n) is 9.90. The summed E-state index contributed by atoms with van der Waals surface area (Å²) in [5, 5.41) is 9.54. The van der Waals surface area contributed by atoms with E-state index < -0.39 is 0 Å². The van der Waals surface area contributed by atoms with Gasteiger partial charge >= 0.3 is 0 Å². The Bertz CT molecular complexity index is 1130. The van der Waals surface area contributed by atoms with Crippen LogP contribution in [0.4, 0.5) is 0 Å². The maximum atomic E-state index is 5.94. The van der Waals surface area contributed by atoms with Gasteiger partial charge in [0.15, 0.2) is 5.16 Å². The lowest BCUT2D eigenvalue weighted by Gasteiger charge is -2.10. The van der Waals surface area contributed by atoms with Gasteiger partial charge < -0.3 is 8.98 Å². The molecular weight excluding hydrogens is 400 g/mol. The average Bonchev–Trinajstić information content (AvgIpc) is 3.15. The van der Waals surface area contributed by atoms with Crippen molar-refractivity contribution in [2.75, 3.05) is 0 Å². The van der Waals surface area contributed by atoms with E-state index in [1.54, 1.807) is 23.1 Å². The van der Waals surface area contributed by atoms with Crippen LogP contribution in [0.5, 0.6) is 0 Å². The molecule has 0 N–H and O–H groups in total. The summed E-state index contributed by atoms with van der Waals surface area (Å²) in [5.41, 5.74) is 3.68. The monoisotopic (exact) mass is 422 g/mol. The van der Waals surface area contributed by atoms with E-state index in [9.17, 15) is 0 Å². The van der Waals surface area contributed by atoms with Crippen LogP contribution in [-0.4, -0.2) is 19.7 Å². The number of imidazole rings is 1. The van der Waals surface area contributed by atoms with Gasteiger partial charge in [-0.25, -0.2) is 4.98 Å². The predicted molar refractivity (Wildman–Crippen MR) is 117 cm³/mol. The quantitative estimate of drug-likeness (QED) is 0.334. The second kappa shape index (κ2) is 7.80. The highest BCUT2D eigenvalue weighted by molar-refractivity contribution is 7.98. The average molecular weight is 423 g/mol. The summed E-state index contributed by atoms with van der Waals surface area (Å²) in [5.74, 6) is 1.88. The van der Waals surface area contributed by atoms with Crippen LogP contribution in [0.2, 0.25) is 0 Å². The van der Waals surface area contributed by atoms with Crippen molar-refractivity contribution in [3.05, 3.63) is 58.9 Å². The van der Waals surface area contributed by atoms with E-state index in [1.807, 2.05) is 12.3 Å². The molecule has 1 saturated carbocycles. The molecule has 1 aliphatic rings. The lowest BCUT2D eigenvalue weighted by molar-refractivity contribution is 0.529. The molecule has 7 heteroatoms. The van der Waals surface area contributed by atoms with Crippen LogP contribution in [0.25, 0.3) is 22.0 Å². The summed E-state index contributed by atoms with van der Waals surface area (Å²) in [6.45, 7) is 4.30. The van der Waals surface area contributed by atoms with Crippen LogP contribution in [0.15, 0.2) is 52.2 Å². The molecule has 0 amide bonds. The Morgan fingerprint density at radius 3 is 2.76 bits per heavy atom. The van der Waals surface area contributed by atoms with Gasteiger partial charge in [-0.15, -0.1) is 21.5 Å². The minimum Gasteiger partial charge on any atom is -0.419 e. The maximum absolute atomic E-state index is 5.94. The number of hydrogen-bond donors (Lipinski definition) is 0. The minimum absolute atomic E-state index is 0.551. The fraction of sp³-hybridized carbons (Fsp3) is 0.318. The van der Waals surface area contributed by atoms with Crippen molar-refractivity contribution in [1.82, 2.24) is 19.7 Å². The molecule has 4 aromatic rings. The smallest absolute Gasteiger partial charge is 0.257 e. The zero-order valence-corrected chi connectivity index (χ0v) is 18.1. The van der Waals surface area contributed by atoms with Crippen molar-refractivity contribution in [1.29, 1.82) is 0 Å². The van der Waals surface area contributed by atoms with Crippen molar-refractivity contribution in [3.8, 4) is 22.0 Å². The fourth-order valence-electron chi connectivity index (χ4n) is 3.47. The SMILES string of the molecule is CCc1sc(-c2nnc(CSc3ncc(-c4ccccc4)n3C3CC3)o2)cc1C. The summed E-state index contributed by atoms with van der Waals surface area (Å²) in [6.07, 6.45) is 5.44. The summed E-state index contributed by atoms with van der Waals surface area (Å²) in [4.78, 5) is 7.12. The molecule has 1 fully saturated rings. The van der Waals surface area contributed by atoms with Crippen LogP contribution in [0, 0.1) is 6.92 Å². The second-order valence-corrected chi connectivity index (χ2v) is 9.33. The Hall–Kier alpha value is -2.38. The topological polar surface area (TPSA) is 56.7 Å². The summed E-state index contributed by atoms with van der Waals surface area (Å²) in [6, 6.07) is 13.2. The predicted octanol–water partition coefficient (Wildman–Crippen LogP) is 6.16. The maximum Gasteiger partial charge on any atom is 0.257 e. The van der Waals surface area contributed by atoms with Gasteiger partial charge in [0.1, 0.15) is 0 Å². The molecule has 0 saturated heterocycles. The number of benzene rings is 1. The third kappa shape index (κ3) is 3.76. The Morgan fingerprint density at radius 2 is 2.03 bits per heavy atom. The second-order valence-electron chi connectivity index (χ2n) is 7.25. The molecule has 1 aliphatic carbocycles. The first-order chi connectivity index (χ1) is 14.2. The number of hydrogen-bond acceptors (Lipinski definition) is 6. The third-order valence-electron chi connectivity index (χ3n) is 5.09. The van der Waals surface area contributed by atoms with Crippen LogP contribution in [0.1, 0.15) is 42.1 Å². The number of aryl methyl sites for hydroxylation is 2. The molecule has 148 valence electrons. The minimum atomic E-state index is 0.551. The van der Waals surface area contributed by atoms with Gasteiger partial charge in [-0.05, 0) is 43.4 Å². The Labute approximate surface area is 178 Å². The first-order valence-corrected chi connectivity index (χ1v) is 11.7. The van der Waals surface area contributed by atoms with Crippen molar-refractivity contribution in [2.45, 2.75) is 50.1 Å². The van der Waals surface area contributed by atoms with Crippen molar-refractivity contribution < 1.29 is 4.42 Å². The molecular formula is C22H22N4OS2. The zero-order chi connectivity index (χ0) is 19.8. The van der Waals surface area contributed by atoms with E-state index >= 15 is 0 Å². The van der Waals surface area contributed by atoms with Crippen molar-refractivity contribution in [2.24, 2.45) is 0 Å². The number of thioether (sulfide) groups is 1. The molecule has 0 aliphatic heterocycles. The van der Waals surface area contributed by atoms with Crippen LogP contribution in [-0.2, 0) is 12.2 Å². The van der Waals surface area contributed by atoms with Gasteiger partial charge in [-0.1, -0.05) is 49.0 Å². The van der Waals surface area contributed by atoms with Gasteiger partial charge in [0.25, 0.3) is 5.89 Å². The van der Waals surface area contributed by atoms with Gasteiger partial charge in [0, 0.05) is 10.9 Å². The Balaban J connectivity index is 1.34. The molecule has 0 atom stereocenters. The number of rotatable bonds is 7. The van der Waals surface area contributed by atoms with Gasteiger partial charge in [0.2, 0.25) is 5.89 Å². The summed E-state index contributed by atoms with van der Waals surface area (Å²) < 4.78 is 8.31. The van der Waals surface area contributed by atoms with Gasteiger partial charge in [-0.2, -0.15) is 0 Å². The molecule has 5 nitrogen and oxygen atoms in total.